The van der Waals surface area contributed by atoms with Crippen molar-refractivity contribution in [2.45, 2.75) is 44.2 Å². The number of nitrogens with one attached hydrogen (secondary N) is 1. The van der Waals surface area contributed by atoms with E-state index in [0.717, 1.165) is 31.9 Å². The lowest BCUT2D eigenvalue weighted by Crippen LogP contribution is -2.49. The van der Waals surface area contributed by atoms with Crippen molar-refractivity contribution in [1.82, 2.24) is 5.32 Å². The van der Waals surface area contributed by atoms with Gasteiger partial charge in [-0.05, 0) is 12.8 Å². The highest BCUT2D eigenvalue weighted by molar-refractivity contribution is 7.90. The lowest BCUT2D eigenvalue weighted by molar-refractivity contribution is -0.121. The number of hydrogen-bond acceptors (Lipinski definition) is 4. The molecule has 1 fully saturated rings. The standard InChI is InChI=1S/C10H20N2O3S/c1-16(14,15)7-6-10(13)12-9-5-3-2-4-8(9)11/h8-9H,2-7,11H2,1H3,(H,12,13). The molecule has 1 amide bonds. The Labute approximate surface area is 96.7 Å². The molecule has 0 aromatic heterocycles. The van der Waals surface area contributed by atoms with Crippen LogP contribution in [0.5, 0.6) is 0 Å². The van der Waals surface area contributed by atoms with E-state index in [1.807, 2.05) is 0 Å². The quantitative estimate of drug-likeness (QED) is 0.721. The molecular weight excluding hydrogens is 228 g/mol. The summed E-state index contributed by atoms with van der Waals surface area (Å²) in [5.74, 6) is -0.311. The zero-order chi connectivity index (χ0) is 12.2. The summed E-state index contributed by atoms with van der Waals surface area (Å²) in [4.78, 5) is 11.5. The molecule has 6 heteroatoms. The van der Waals surface area contributed by atoms with E-state index in [2.05, 4.69) is 5.32 Å². The fourth-order valence-electron chi connectivity index (χ4n) is 1.90. The molecule has 0 aromatic rings. The Bertz CT molecular complexity index is 340. The van der Waals surface area contributed by atoms with Gasteiger partial charge in [-0.25, -0.2) is 8.42 Å². The van der Waals surface area contributed by atoms with E-state index in [1.165, 1.54) is 0 Å². The molecule has 5 nitrogen and oxygen atoms in total. The summed E-state index contributed by atoms with van der Waals surface area (Å²) in [6, 6.07) is 0.0248. The Balaban J connectivity index is 2.33. The number of nitrogens with two attached hydrogens (primary N) is 1. The van der Waals surface area contributed by atoms with Gasteiger partial charge in [-0.15, -0.1) is 0 Å². The molecule has 94 valence electrons. The SMILES string of the molecule is CS(=O)(=O)CCC(=O)NC1CCCCC1N. The summed E-state index contributed by atoms with van der Waals surface area (Å²) in [6.07, 6.45) is 5.17. The van der Waals surface area contributed by atoms with E-state index in [1.54, 1.807) is 0 Å². The smallest absolute Gasteiger partial charge is 0.221 e. The number of amides is 1. The molecule has 0 aromatic carbocycles. The first kappa shape index (κ1) is 13.4. The number of carbonyl (C=O) groups excluding carboxylic acids is 1. The Morgan fingerprint density at radius 3 is 2.56 bits per heavy atom. The maximum absolute atomic E-state index is 11.5. The molecule has 0 bridgehead atoms. The van der Waals surface area contributed by atoms with Gasteiger partial charge >= 0.3 is 0 Å². The largest absolute Gasteiger partial charge is 0.352 e. The van der Waals surface area contributed by atoms with Crippen LogP contribution in [0.25, 0.3) is 0 Å². The second-order valence-corrected chi connectivity index (χ2v) is 6.76. The zero-order valence-electron chi connectivity index (χ0n) is 9.61. The minimum atomic E-state index is -3.07. The second kappa shape index (κ2) is 5.63. The van der Waals surface area contributed by atoms with Gasteiger partial charge in [-0.1, -0.05) is 12.8 Å². The molecule has 16 heavy (non-hydrogen) atoms. The van der Waals surface area contributed by atoms with Crippen molar-refractivity contribution in [1.29, 1.82) is 0 Å². The minimum absolute atomic E-state index is 0.0101. The summed E-state index contributed by atoms with van der Waals surface area (Å²) in [7, 11) is -3.07. The molecule has 2 unspecified atom stereocenters. The molecule has 3 N–H and O–H groups in total. The molecule has 0 saturated heterocycles. The molecule has 0 radical (unpaired) electrons. The first-order chi connectivity index (χ1) is 7.38. The van der Waals surface area contributed by atoms with Crippen LogP contribution >= 0.6 is 0 Å². The third kappa shape index (κ3) is 4.94. The van der Waals surface area contributed by atoms with Crippen LogP contribution in [0.3, 0.4) is 0 Å². The van der Waals surface area contributed by atoms with Crippen molar-refractivity contribution < 1.29 is 13.2 Å². The number of hydrogen-bond donors (Lipinski definition) is 2. The number of rotatable bonds is 4. The van der Waals surface area contributed by atoms with Crippen LogP contribution in [0.2, 0.25) is 0 Å². The van der Waals surface area contributed by atoms with Gasteiger partial charge in [0.05, 0.1) is 5.75 Å². The van der Waals surface area contributed by atoms with Crippen LogP contribution in [0.15, 0.2) is 0 Å². The first-order valence-electron chi connectivity index (χ1n) is 5.61. The van der Waals surface area contributed by atoms with Crippen molar-refractivity contribution in [3.8, 4) is 0 Å². The Morgan fingerprint density at radius 1 is 1.38 bits per heavy atom. The van der Waals surface area contributed by atoms with Crippen molar-refractivity contribution >= 4 is 15.7 Å². The van der Waals surface area contributed by atoms with E-state index in [0.29, 0.717) is 0 Å². The molecule has 0 heterocycles. The highest BCUT2D eigenvalue weighted by Crippen LogP contribution is 2.16. The second-order valence-electron chi connectivity index (χ2n) is 4.50. The van der Waals surface area contributed by atoms with E-state index < -0.39 is 9.84 Å². The minimum Gasteiger partial charge on any atom is -0.352 e. The van der Waals surface area contributed by atoms with Gasteiger partial charge in [-0.3, -0.25) is 4.79 Å². The van der Waals surface area contributed by atoms with Gasteiger partial charge in [0.1, 0.15) is 9.84 Å². The van der Waals surface area contributed by atoms with Crippen molar-refractivity contribution in [3.63, 3.8) is 0 Å². The van der Waals surface area contributed by atoms with Crippen LogP contribution < -0.4 is 11.1 Å². The molecular formula is C10H20N2O3S. The van der Waals surface area contributed by atoms with Gasteiger partial charge in [-0.2, -0.15) is 0 Å². The third-order valence-electron chi connectivity index (χ3n) is 2.87. The molecule has 1 rings (SSSR count). The fourth-order valence-corrected chi connectivity index (χ4v) is 2.45. The van der Waals surface area contributed by atoms with Gasteiger partial charge in [0, 0.05) is 24.8 Å². The predicted octanol–water partition coefficient (Wildman–Crippen LogP) is -0.193. The summed E-state index contributed by atoms with van der Waals surface area (Å²) in [5, 5.41) is 2.81. The van der Waals surface area contributed by atoms with Crippen LogP contribution in [-0.4, -0.2) is 38.4 Å². The van der Waals surface area contributed by atoms with E-state index >= 15 is 0 Å². The van der Waals surface area contributed by atoms with Crippen LogP contribution in [0.1, 0.15) is 32.1 Å². The molecule has 1 saturated carbocycles. The first-order valence-corrected chi connectivity index (χ1v) is 7.67. The molecule has 1 aliphatic rings. The van der Waals surface area contributed by atoms with Crippen LogP contribution in [0, 0.1) is 0 Å². The highest BCUT2D eigenvalue weighted by Gasteiger charge is 2.23. The third-order valence-corrected chi connectivity index (χ3v) is 3.81. The van der Waals surface area contributed by atoms with Crippen LogP contribution in [-0.2, 0) is 14.6 Å². The predicted molar refractivity (Wildman–Crippen MR) is 62.7 cm³/mol. The van der Waals surface area contributed by atoms with E-state index in [9.17, 15) is 13.2 Å². The number of carbonyl (C=O) groups is 1. The fraction of sp³-hybridized carbons (Fsp3) is 0.900. The van der Waals surface area contributed by atoms with Gasteiger partial charge in [0.15, 0.2) is 0 Å². The van der Waals surface area contributed by atoms with E-state index in [4.69, 9.17) is 5.73 Å². The molecule has 2 atom stereocenters. The van der Waals surface area contributed by atoms with Gasteiger partial charge < -0.3 is 11.1 Å². The summed E-state index contributed by atoms with van der Waals surface area (Å²) < 4.78 is 21.8. The van der Waals surface area contributed by atoms with Gasteiger partial charge in [0.2, 0.25) is 5.91 Å². The molecule has 0 aliphatic heterocycles. The lowest BCUT2D eigenvalue weighted by Gasteiger charge is -2.29. The Hall–Kier alpha value is -0.620. The summed E-state index contributed by atoms with van der Waals surface area (Å²) in [5.41, 5.74) is 5.88. The van der Waals surface area contributed by atoms with Crippen molar-refractivity contribution in [3.05, 3.63) is 0 Å². The zero-order valence-corrected chi connectivity index (χ0v) is 10.4. The Kier molecular flexibility index (Phi) is 4.73. The van der Waals surface area contributed by atoms with Crippen molar-refractivity contribution in [2.75, 3.05) is 12.0 Å². The maximum atomic E-state index is 11.5. The monoisotopic (exact) mass is 248 g/mol. The average molecular weight is 248 g/mol. The highest BCUT2D eigenvalue weighted by atomic mass is 32.2. The topological polar surface area (TPSA) is 89.3 Å². The average Bonchev–Trinajstić information content (AvgIpc) is 2.18. The maximum Gasteiger partial charge on any atom is 0.221 e. The Morgan fingerprint density at radius 2 is 2.00 bits per heavy atom. The van der Waals surface area contributed by atoms with E-state index in [-0.39, 0.29) is 30.2 Å². The lowest BCUT2D eigenvalue weighted by atomic mass is 9.91. The molecule has 0 spiro atoms. The number of sulfone groups is 1. The molecule has 1 aliphatic carbocycles. The van der Waals surface area contributed by atoms with Gasteiger partial charge in [0.25, 0.3) is 0 Å². The summed E-state index contributed by atoms with van der Waals surface area (Å²) >= 11 is 0. The normalized spacial score (nSPS) is 26.4. The summed E-state index contributed by atoms with van der Waals surface area (Å²) in [6.45, 7) is 0. The van der Waals surface area contributed by atoms with Crippen LogP contribution in [0.4, 0.5) is 0 Å². The van der Waals surface area contributed by atoms with Crippen molar-refractivity contribution in [2.24, 2.45) is 5.73 Å².